The number of amides is 2. The normalized spacial score (nSPS) is 17.9. The van der Waals surface area contributed by atoms with Gasteiger partial charge in [0.1, 0.15) is 0 Å². The molecule has 0 saturated carbocycles. The first-order chi connectivity index (χ1) is 18.4. The highest BCUT2D eigenvalue weighted by Crippen LogP contribution is 2.25. The van der Waals surface area contributed by atoms with Gasteiger partial charge >= 0.3 is 0 Å². The van der Waals surface area contributed by atoms with Crippen LogP contribution in [0.2, 0.25) is 0 Å². The average molecular weight is 558 g/mol. The van der Waals surface area contributed by atoms with Crippen LogP contribution in [0.15, 0.2) is 47.4 Å². The topological polar surface area (TPSA) is 96.0 Å². The lowest BCUT2D eigenvalue weighted by Crippen LogP contribution is -2.34. The lowest BCUT2D eigenvalue weighted by Gasteiger charge is -2.20. The number of nitrogens with one attached hydrogen (secondary N) is 1. The Bertz CT molecular complexity index is 1380. The molecule has 2 aromatic carbocycles. The Morgan fingerprint density at radius 3 is 2.38 bits per heavy atom. The van der Waals surface area contributed by atoms with E-state index in [0.29, 0.717) is 36.1 Å². The molecule has 2 aromatic rings. The Hall–Kier alpha value is -3.50. The lowest BCUT2D eigenvalue weighted by atomic mass is 9.99. The highest BCUT2D eigenvalue weighted by Gasteiger charge is 2.22. The Balaban J connectivity index is 1.79. The fraction of sp³-hybridized carbons (Fsp3) is 0.379. The summed E-state index contributed by atoms with van der Waals surface area (Å²) in [7, 11) is -0.458. The monoisotopic (exact) mass is 557 g/mol. The zero-order chi connectivity index (χ0) is 28.7. The van der Waals surface area contributed by atoms with Crippen molar-refractivity contribution in [2.45, 2.75) is 46.5 Å². The van der Waals surface area contributed by atoms with Crippen molar-refractivity contribution >= 4 is 33.6 Å². The van der Waals surface area contributed by atoms with Crippen LogP contribution in [0.3, 0.4) is 0 Å². The molecule has 1 N–H and O–H groups in total. The van der Waals surface area contributed by atoms with E-state index in [4.69, 9.17) is 0 Å². The van der Waals surface area contributed by atoms with Gasteiger partial charge < -0.3 is 10.2 Å². The van der Waals surface area contributed by atoms with Gasteiger partial charge in [-0.1, -0.05) is 12.1 Å². The third kappa shape index (κ3) is 7.77. The number of hydrogen-bond acceptors (Lipinski definition) is 5. The van der Waals surface area contributed by atoms with Crippen LogP contribution in [0.4, 0.5) is 4.53 Å². The minimum absolute atomic E-state index is 0.0205. The van der Waals surface area contributed by atoms with Gasteiger partial charge in [0.05, 0.1) is 0 Å². The molecule has 2 amide bonds. The quantitative estimate of drug-likeness (QED) is 0.540. The van der Waals surface area contributed by atoms with E-state index < -0.39 is 10.0 Å². The fourth-order valence-electron chi connectivity index (χ4n) is 4.58. The Morgan fingerprint density at radius 2 is 1.74 bits per heavy atom. The Kier molecular flexibility index (Phi) is 10.0. The van der Waals surface area contributed by atoms with E-state index in [1.807, 2.05) is 20.8 Å². The van der Waals surface area contributed by atoms with Crippen LogP contribution in [0.1, 0.15) is 65.2 Å². The summed E-state index contributed by atoms with van der Waals surface area (Å²) in [4.78, 5) is 30.5. The summed E-state index contributed by atoms with van der Waals surface area (Å²) in [5.74, 6) is -0.429. The van der Waals surface area contributed by atoms with E-state index in [-0.39, 0.29) is 37.1 Å². The smallest absolute Gasteiger partial charge is 0.253 e. The van der Waals surface area contributed by atoms with E-state index in [1.165, 1.54) is 26.7 Å². The van der Waals surface area contributed by atoms with Crippen molar-refractivity contribution in [3.63, 3.8) is 0 Å². The van der Waals surface area contributed by atoms with Crippen LogP contribution in [0.5, 0.6) is 5.75 Å². The highest BCUT2D eigenvalue weighted by molar-refractivity contribution is 7.92. The molecule has 0 fully saturated rings. The second-order valence-electron chi connectivity index (χ2n) is 9.99. The molecule has 0 bridgehead atoms. The molecule has 10 heteroatoms. The van der Waals surface area contributed by atoms with Gasteiger partial charge in [-0.15, -0.1) is 0 Å². The maximum Gasteiger partial charge on any atom is 0.253 e. The molecule has 1 aliphatic rings. The van der Waals surface area contributed by atoms with Crippen LogP contribution < -0.4 is 10.3 Å². The molecular formula is C29H36FN3O5S. The molecule has 210 valence electrons. The molecule has 1 heterocycles. The zero-order valence-corrected chi connectivity index (χ0v) is 23.9. The summed E-state index contributed by atoms with van der Waals surface area (Å²) in [5, 5.41) is 4.06. The summed E-state index contributed by atoms with van der Waals surface area (Å²) in [6.07, 6.45) is 3.47. The lowest BCUT2D eigenvalue weighted by molar-refractivity contribution is -0.120. The van der Waals surface area contributed by atoms with E-state index in [9.17, 15) is 22.5 Å². The van der Waals surface area contributed by atoms with Gasteiger partial charge in [-0.3, -0.25) is 14.5 Å². The summed E-state index contributed by atoms with van der Waals surface area (Å²) in [5.41, 5.74) is 4.97. The molecule has 0 unspecified atom stereocenters. The first-order valence-corrected chi connectivity index (χ1v) is 14.3. The van der Waals surface area contributed by atoms with Crippen molar-refractivity contribution in [2.75, 3.05) is 27.2 Å². The van der Waals surface area contributed by atoms with Crippen LogP contribution in [0.25, 0.3) is 11.8 Å². The third-order valence-corrected chi connectivity index (χ3v) is 8.28. The average Bonchev–Trinajstić information content (AvgIpc) is 2.92. The van der Waals surface area contributed by atoms with Crippen molar-refractivity contribution in [2.24, 2.45) is 0 Å². The number of hydrogen-bond donors (Lipinski definition) is 1. The third-order valence-electron chi connectivity index (χ3n) is 6.71. The predicted molar refractivity (Wildman–Crippen MR) is 151 cm³/mol. The summed E-state index contributed by atoms with van der Waals surface area (Å²) < 4.78 is 40.7. The second kappa shape index (κ2) is 13.0. The molecule has 0 spiro atoms. The van der Waals surface area contributed by atoms with Crippen molar-refractivity contribution in [3.05, 3.63) is 75.2 Å². The first kappa shape index (κ1) is 30.0. The van der Waals surface area contributed by atoms with Crippen molar-refractivity contribution in [1.29, 1.82) is 0 Å². The number of aryl methyl sites for hydroxylation is 2. The maximum absolute atomic E-state index is 13.3. The number of nitrogens with zero attached hydrogens (tertiary/aromatic N) is 2. The van der Waals surface area contributed by atoms with Crippen LogP contribution in [-0.2, 0) is 14.8 Å². The molecule has 0 saturated heterocycles. The maximum atomic E-state index is 13.3. The first-order valence-electron chi connectivity index (χ1n) is 12.8. The van der Waals surface area contributed by atoms with Gasteiger partial charge in [-0.25, -0.2) is 8.42 Å². The predicted octanol–water partition coefficient (Wildman–Crippen LogP) is 4.99. The molecule has 1 aliphatic heterocycles. The van der Waals surface area contributed by atoms with Crippen molar-refractivity contribution < 1.29 is 27.5 Å². The molecule has 0 atom stereocenters. The number of rotatable bonds is 6. The van der Waals surface area contributed by atoms with Gasteiger partial charge in [-0.2, -0.15) is 4.31 Å². The summed E-state index contributed by atoms with van der Waals surface area (Å²) in [6.45, 7) is 5.88. The number of sulfonamides is 1. The minimum Gasteiger partial charge on any atom is -0.345 e. The highest BCUT2D eigenvalue weighted by atomic mass is 32.2. The number of benzene rings is 2. The molecule has 0 aliphatic carbocycles. The minimum atomic E-state index is -3.82. The van der Waals surface area contributed by atoms with Crippen LogP contribution >= 0.6 is 0 Å². The summed E-state index contributed by atoms with van der Waals surface area (Å²) in [6, 6.07) is 9.88. The van der Waals surface area contributed by atoms with Gasteiger partial charge in [0.15, 0.2) is 5.75 Å². The molecule has 39 heavy (non-hydrogen) atoms. The Labute approximate surface area is 230 Å². The van der Waals surface area contributed by atoms with Crippen molar-refractivity contribution in [3.8, 4) is 5.75 Å². The standard InChI is InChI=1S/C29H36FN3O5S/c1-20-9-6-7-14-33(15-12-27(34)31-28(20)23-10-8-11-25(19-23)38-30)39(36,37)16-13-26-21(2)17-24(18-22(26)3)29(35)32(4)5/h8,10-11,13,16-19H,6-7,9,12,14-15H2,1-5H3,(H,31,34)/b16-13+,28-20+. The van der Waals surface area contributed by atoms with Crippen LogP contribution in [0, 0.1) is 13.8 Å². The van der Waals surface area contributed by atoms with Gasteiger partial charge in [-0.05, 0) is 92.6 Å². The largest absolute Gasteiger partial charge is 0.345 e. The number of carbonyl (C=O) groups is 2. The molecule has 8 nitrogen and oxygen atoms in total. The Morgan fingerprint density at radius 1 is 1.05 bits per heavy atom. The number of carbonyl (C=O) groups excluding carboxylic acids is 2. The SMILES string of the molecule is C/C1=C(/c2cccc(OF)c2)NC(=O)CCN(S(=O)(=O)/C=C/c2c(C)cc(C(=O)N(C)C)cc2C)CCCC1. The van der Waals surface area contributed by atoms with E-state index >= 15 is 0 Å². The zero-order valence-electron chi connectivity index (χ0n) is 23.1. The van der Waals surface area contributed by atoms with E-state index in [0.717, 1.165) is 22.3 Å². The van der Waals surface area contributed by atoms with E-state index in [2.05, 4.69) is 10.3 Å². The number of halogens is 1. The van der Waals surface area contributed by atoms with Crippen LogP contribution in [-0.4, -0.2) is 56.6 Å². The second-order valence-corrected chi connectivity index (χ2v) is 11.8. The van der Waals surface area contributed by atoms with Gasteiger partial charge in [0.25, 0.3) is 5.91 Å². The van der Waals surface area contributed by atoms with Crippen molar-refractivity contribution in [1.82, 2.24) is 14.5 Å². The summed E-state index contributed by atoms with van der Waals surface area (Å²) >= 11 is 0. The number of allylic oxidation sites excluding steroid dienone is 1. The van der Waals surface area contributed by atoms with Gasteiger partial charge in [0, 0.05) is 60.4 Å². The van der Waals surface area contributed by atoms with Gasteiger partial charge in [0.2, 0.25) is 15.9 Å². The molecular weight excluding hydrogens is 521 g/mol. The molecule has 0 radical (unpaired) electrons. The van der Waals surface area contributed by atoms with E-state index in [1.54, 1.807) is 44.4 Å². The molecule has 3 rings (SSSR count). The fourth-order valence-corrected chi connectivity index (χ4v) is 5.79. The molecule has 0 aromatic heterocycles.